The fourth-order valence-corrected chi connectivity index (χ4v) is 13.6. The standard InChI is InChI=1S/C34H38S2Si/c1-9-22-19-27-25(23-13-15-24(16-14-23)34(4,5)6)11-10-12-26(27)31(22)36-21(3)18-29-28-17-20(2)35-30(28)33(32(29)36)37(7)8/h10-19,31,37H,9H2,1-8H3. The molecule has 0 saturated heterocycles. The Kier molecular flexibility index (Phi) is 6.06. The van der Waals surface area contributed by atoms with Gasteiger partial charge >= 0.3 is 0 Å². The fourth-order valence-electron chi connectivity index (χ4n) is 6.32. The van der Waals surface area contributed by atoms with Crippen LogP contribution in [-0.2, 0) is 5.41 Å². The molecule has 3 heteroatoms. The van der Waals surface area contributed by atoms with Crippen molar-refractivity contribution in [3.8, 4) is 11.1 Å². The van der Waals surface area contributed by atoms with Gasteiger partial charge in [-0.1, -0.05) is 94.9 Å². The third-order valence-corrected chi connectivity index (χ3v) is 14.1. The van der Waals surface area contributed by atoms with E-state index in [1.54, 1.807) is 30.6 Å². The zero-order valence-electron chi connectivity index (χ0n) is 23.5. The van der Waals surface area contributed by atoms with Crippen molar-refractivity contribution in [2.24, 2.45) is 0 Å². The van der Waals surface area contributed by atoms with Crippen LogP contribution >= 0.6 is 21.8 Å². The van der Waals surface area contributed by atoms with Gasteiger partial charge in [0.25, 0.3) is 0 Å². The third-order valence-electron chi connectivity index (χ3n) is 8.17. The molecule has 0 radical (unpaired) electrons. The van der Waals surface area contributed by atoms with Crippen molar-refractivity contribution < 1.29 is 0 Å². The lowest BCUT2D eigenvalue weighted by Crippen LogP contribution is -2.22. The molecule has 6 rings (SSSR count). The molecule has 0 nitrogen and oxygen atoms in total. The highest BCUT2D eigenvalue weighted by molar-refractivity contribution is 8.21. The predicted molar refractivity (Wildman–Crippen MR) is 172 cm³/mol. The Morgan fingerprint density at radius 1 is 0.973 bits per heavy atom. The summed E-state index contributed by atoms with van der Waals surface area (Å²) in [6.45, 7) is 19.0. The number of hydrogen-bond acceptors (Lipinski definition) is 1. The molecule has 2 atom stereocenters. The van der Waals surface area contributed by atoms with E-state index in [-0.39, 0.29) is 15.9 Å². The normalized spacial score (nSPS) is 20.4. The number of benzene rings is 2. The van der Waals surface area contributed by atoms with Crippen LogP contribution < -0.4 is 9.75 Å². The van der Waals surface area contributed by atoms with Crippen LogP contribution in [0.2, 0.25) is 13.1 Å². The van der Waals surface area contributed by atoms with Crippen molar-refractivity contribution in [2.45, 2.75) is 71.7 Å². The largest absolute Gasteiger partial charge is 0.141 e. The van der Waals surface area contributed by atoms with Crippen LogP contribution in [0.5, 0.6) is 0 Å². The first-order valence-corrected chi connectivity index (χ1v) is 18.7. The van der Waals surface area contributed by atoms with Gasteiger partial charge in [0.1, 0.15) is 0 Å². The summed E-state index contributed by atoms with van der Waals surface area (Å²) in [5.41, 5.74) is 10.4. The fraction of sp³-hybridized carbons (Fsp3) is 0.324. The average molecular weight is 539 g/mol. The van der Waals surface area contributed by atoms with Crippen molar-refractivity contribution >= 4 is 52.3 Å². The second-order valence-corrected chi connectivity index (χ2v) is 18.4. The van der Waals surface area contributed by atoms with E-state index in [0.717, 1.165) is 6.42 Å². The third kappa shape index (κ3) is 3.88. The Morgan fingerprint density at radius 2 is 1.70 bits per heavy atom. The highest BCUT2D eigenvalue weighted by Gasteiger charge is 2.37. The quantitative estimate of drug-likeness (QED) is 0.232. The van der Waals surface area contributed by atoms with Gasteiger partial charge < -0.3 is 0 Å². The minimum absolute atomic E-state index is 0.0907. The first-order chi connectivity index (χ1) is 17.6. The molecule has 37 heavy (non-hydrogen) atoms. The number of thiophene rings is 1. The molecule has 0 saturated carbocycles. The molecule has 0 N–H and O–H groups in total. The van der Waals surface area contributed by atoms with Gasteiger partial charge in [-0.2, -0.15) is 0 Å². The zero-order valence-corrected chi connectivity index (χ0v) is 26.2. The van der Waals surface area contributed by atoms with Crippen molar-refractivity contribution in [1.82, 2.24) is 0 Å². The molecule has 2 heterocycles. The highest BCUT2D eigenvalue weighted by Crippen LogP contribution is 2.58. The first kappa shape index (κ1) is 25.1. The van der Waals surface area contributed by atoms with Gasteiger partial charge in [-0.15, -0.1) is 21.8 Å². The Morgan fingerprint density at radius 3 is 2.35 bits per heavy atom. The lowest BCUT2D eigenvalue weighted by molar-refractivity contribution is 0.590. The number of allylic oxidation sites excluding steroid dienone is 2. The summed E-state index contributed by atoms with van der Waals surface area (Å²) < 4.78 is 1.60. The van der Waals surface area contributed by atoms with Crippen LogP contribution in [0, 0.1) is 6.92 Å². The SMILES string of the molecule is CCC1=Cc2c(-c3ccc(C(C)(C)C)cc3)cccc2C1S1=C2C(=c3cc(C)sc3=C2[SiH](C)C)C=C1C. The van der Waals surface area contributed by atoms with Gasteiger partial charge in [0.15, 0.2) is 0 Å². The second-order valence-electron chi connectivity index (χ2n) is 12.1. The van der Waals surface area contributed by atoms with Crippen LogP contribution in [-0.4, -0.2) is 13.7 Å². The van der Waals surface area contributed by atoms with E-state index in [2.05, 4.69) is 115 Å². The lowest BCUT2D eigenvalue weighted by atomic mass is 9.86. The summed E-state index contributed by atoms with van der Waals surface area (Å²) in [7, 11) is -0.909. The molecule has 3 aromatic rings. The molecule has 0 amide bonds. The molecule has 0 fully saturated rings. The maximum atomic E-state index is 2.55. The summed E-state index contributed by atoms with van der Waals surface area (Å²) >= 11 is 2.03. The highest BCUT2D eigenvalue weighted by atomic mass is 32.2. The maximum Gasteiger partial charge on any atom is 0.0681 e. The molecule has 0 spiro atoms. The number of rotatable bonds is 4. The van der Waals surface area contributed by atoms with Crippen molar-refractivity contribution in [1.29, 1.82) is 0 Å². The van der Waals surface area contributed by atoms with Crippen LogP contribution in [0.1, 0.15) is 67.9 Å². The summed E-state index contributed by atoms with van der Waals surface area (Å²) in [5.74, 6) is 0. The predicted octanol–water partition coefficient (Wildman–Crippen LogP) is 8.27. The maximum absolute atomic E-state index is 2.55. The van der Waals surface area contributed by atoms with E-state index >= 15 is 0 Å². The van der Waals surface area contributed by atoms with Crippen molar-refractivity contribution in [3.05, 3.63) is 96.4 Å². The molecule has 1 aromatic heterocycles. The molecular weight excluding hydrogens is 501 g/mol. The molecule has 2 aliphatic carbocycles. The van der Waals surface area contributed by atoms with Crippen molar-refractivity contribution in [3.63, 3.8) is 0 Å². The average Bonchev–Trinajstić information content (AvgIpc) is 3.56. The first-order valence-electron chi connectivity index (χ1n) is 13.7. The Balaban J connectivity index is 1.54. The van der Waals surface area contributed by atoms with E-state index in [9.17, 15) is 0 Å². The molecule has 0 bridgehead atoms. The number of fused-ring (bicyclic) bond motifs is 3. The van der Waals surface area contributed by atoms with E-state index in [1.807, 2.05) is 11.3 Å². The minimum atomic E-state index is -1.000. The summed E-state index contributed by atoms with van der Waals surface area (Å²) in [6, 6.07) is 18.8. The molecule has 1 aliphatic heterocycles. The van der Waals surface area contributed by atoms with Gasteiger partial charge in [-0.3, -0.25) is 0 Å². The van der Waals surface area contributed by atoms with E-state index in [4.69, 9.17) is 0 Å². The molecule has 2 unspecified atom stereocenters. The van der Waals surface area contributed by atoms with E-state index in [0.29, 0.717) is 5.25 Å². The van der Waals surface area contributed by atoms with Gasteiger partial charge in [-0.25, -0.2) is 0 Å². The summed E-state index contributed by atoms with van der Waals surface area (Å²) in [6.07, 6.45) is 6.21. The van der Waals surface area contributed by atoms with Gasteiger partial charge in [-0.05, 0) is 81.3 Å². The smallest absolute Gasteiger partial charge is 0.0681 e. The van der Waals surface area contributed by atoms with E-state index < -0.39 is 8.80 Å². The Labute approximate surface area is 230 Å². The van der Waals surface area contributed by atoms with Gasteiger partial charge in [0, 0.05) is 19.5 Å². The van der Waals surface area contributed by atoms with Crippen molar-refractivity contribution in [2.75, 3.05) is 0 Å². The molecule has 2 aromatic carbocycles. The lowest BCUT2D eigenvalue weighted by Gasteiger charge is -2.24. The number of hydrogen-bond donors (Lipinski definition) is 0. The van der Waals surface area contributed by atoms with Crippen LogP contribution in [0.15, 0.2) is 65.1 Å². The summed E-state index contributed by atoms with van der Waals surface area (Å²) in [4.78, 5) is 4.73. The van der Waals surface area contributed by atoms with Gasteiger partial charge in [0.2, 0.25) is 0 Å². The Bertz CT molecular complexity index is 1660. The molecule has 3 aliphatic rings. The van der Waals surface area contributed by atoms with Crippen LogP contribution in [0.25, 0.3) is 28.0 Å². The number of aryl methyl sites for hydroxylation is 1. The molecular formula is C34H38S2Si. The van der Waals surface area contributed by atoms with Crippen LogP contribution in [0.3, 0.4) is 0 Å². The molecule has 190 valence electrons. The monoisotopic (exact) mass is 538 g/mol. The van der Waals surface area contributed by atoms with Crippen LogP contribution in [0.4, 0.5) is 0 Å². The Hall–Kier alpha value is -2.20. The minimum Gasteiger partial charge on any atom is -0.141 e. The second kappa shape index (κ2) is 8.93. The zero-order chi connectivity index (χ0) is 26.2. The van der Waals surface area contributed by atoms with E-state index in [1.165, 1.54) is 37.9 Å². The van der Waals surface area contributed by atoms with Gasteiger partial charge in [0.05, 0.1) is 14.0 Å². The summed E-state index contributed by atoms with van der Waals surface area (Å²) in [5, 5.41) is 3.74. The topological polar surface area (TPSA) is 0 Å².